The summed E-state index contributed by atoms with van der Waals surface area (Å²) in [5, 5.41) is 16.8. The second kappa shape index (κ2) is 9.63. The average Bonchev–Trinajstić information content (AvgIpc) is 3.44. The minimum Gasteiger partial charge on any atom is -0.384 e. The number of rotatable bonds is 9. The van der Waals surface area contributed by atoms with Crippen molar-refractivity contribution in [3.63, 3.8) is 0 Å². The highest BCUT2D eigenvalue weighted by molar-refractivity contribution is 5.92. The lowest BCUT2D eigenvalue weighted by molar-refractivity contribution is 0.0199. The van der Waals surface area contributed by atoms with Gasteiger partial charge in [-0.2, -0.15) is 10.4 Å². The number of hydrogen-bond donors (Lipinski definition) is 1. The predicted molar refractivity (Wildman–Crippen MR) is 117 cm³/mol. The van der Waals surface area contributed by atoms with Crippen LogP contribution in [-0.4, -0.2) is 60.0 Å². The van der Waals surface area contributed by atoms with E-state index in [0.717, 1.165) is 19.4 Å². The summed E-state index contributed by atoms with van der Waals surface area (Å²) in [5.74, 6) is 0.583. The van der Waals surface area contributed by atoms with Gasteiger partial charge >= 0.3 is 0 Å². The van der Waals surface area contributed by atoms with Crippen LogP contribution in [-0.2, 0) is 11.3 Å². The van der Waals surface area contributed by atoms with Crippen LogP contribution >= 0.6 is 0 Å². The summed E-state index contributed by atoms with van der Waals surface area (Å²) in [6.45, 7) is 3.55. The number of likely N-dealkylation sites (tertiary alicyclic amines) is 1. The largest absolute Gasteiger partial charge is 0.384 e. The number of aromatic nitrogens is 2. The molecule has 1 aliphatic carbocycles. The average molecular weight is 422 g/mol. The first-order valence-corrected chi connectivity index (χ1v) is 11.1. The SMILES string of the molecule is COCC1(CN[C@@H]2C[C@H]2c2ccccc2)CCN(C(=O)c2ccn(CCC#N)n2)CC1. The fraction of sp³-hybridized carbons (Fsp3) is 0.542. The summed E-state index contributed by atoms with van der Waals surface area (Å²) in [7, 11) is 1.76. The molecule has 1 saturated carbocycles. The van der Waals surface area contributed by atoms with Crippen molar-refractivity contribution in [2.24, 2.45) is 5.41 Å². The van der Waals surface area contributed by atoms with Gasteiger partial charge in [0.15, 0.2) is 0 Å². The molecule has 1 amide bonds. The van der Waals surface area contributed by atoms with Gasteiger partial charge in [-0.25, -0.2) is 0 Å². The number of nitrogens with zero attached hydrogens (tertiary/aromatic N) is 4. The molecular weight excluding hydrogens is 390 g/mol. The second-order valence-electron chi connectivity index (χ2n) is 8.84. The molecule has 2 aliphatic rings. The van der Waals surface area contributed by atoms with Crippen LogP contribution in [0.25, 0.3) is 0 Å². The molecule has 2 atom stereocenters. The van der Waals surface area contributed by atoms with Crippen molar-refractivity contribution in [2.75, 3.05) is 33.4 Å². The third kappa shape index (κ3) is 5.15. The standard InChI is InChI=1S/C24H31N5O2/c1-31-18-24(17-26-22-16-20(22)19-6-3-2-4-7-19)9-14-28(15-10-24)23(30)21-8-13-29(27-21)12-5-11-25/h2-4,6-8,13,20,22,26H,5,9-10,12,14-18H2,1H3/t20-,22+/m0/s1. The highest BCUT2D eigenvalue weighted by atomic mass is 16.5. The molecule has 164 valence electrons. The topological polar surface area (TPSA) is 83.2 Å². The van der Waals surface area contributed by atoms with Crippen LogP contribution in [0.4, 0.5) is 0 Å². The Morgan fingerprint density at radius 2 is 2.06 bits per heavy atom. The van der Waals surface area contributed by atoms with Crippen LogP contribution in [0, 0.1) is 16.7 Å². The van der Waals surface area contributed by atoms with E-state index in [1.807, 2.05) is 4.90 Å². The monoisotopic (exact) mass is 421 g/mol. The van der Waals surface area contributed by atoms with Crippen LogP contribution < -0.4 is 5.32 Å². The molecule has 1 saturated heterocycles. The van der Waals surface area contributed by atoms with Crippen molar-refractivity contribution in [3.8, 4) is 6.07 Å². The van der Waals surface area contributed by atoms with Gasteiger partial charge in [0.05, 0.1) is 25.6 Å². The van der Waals surface area contributed by atoms with Crippen molar-refractivity contribution in [1.82, 2.24) is 20.0 Å². The molecule has 1 N–H and O–H groups in total. The van der Waals surface area contributed by atoms with Gasteiger partial charge in [-0.05, 0) is 30.9 Å². The van der Waals surface area contributed by atoms with Gasteiger partial charge in [0.25, 0.3) is 5.91 Å². The lowest BCUT2D eigenvalue weighted by Crippen LogP contribution is -2.49. The van der Waals surface area contributed by atoms with E-state index in [1.54, 1.807) is 24.1 Å². The van der Waals surface area contributed by atoms with E-state index in [9.17, 15) is 4.79 Å². The number of benzene rings is 1. The Balaban J connectivity index is 1.29. The van der Waals surface area contributed by atoms with E-state index < -0.39 is 0 Å². The molecule has 0 spiro atoms. The smallest absolute Gasteiger partial charge is 0.274 e. The van der Waals surface area contributed by atoms with Crippen LogP contribution in [0.15, 0.2) is 42.6 Å². The number of nitrogens with one attached hydrogen (secondary N) is 1. The summed E-state index contributed by atoms with van der Waals surface area (Å²) in [5.41, 5.74) is 1.93. The summed E-state index contributed by atoms with van der Waals surface area (Å²) in [6.07, 6.45) is 5.17. The number of piperidine rings is 1. The maximum absolute atomic E-state index is 12.9. The maximum atomic E-state index is 12.9. The Morgan fingerprint density at radius 3 is 2.77 bits per heavy atom. The lowest BCUT2D eigenvalue weighted by atomic mass is 9.78. The van der Waals surface area contributed by atoms with Crippen LogP contribution in [0.1, 0.15) is 47.7 Å². The predicted octanol–water partition coefficient (Wildman–Crippen LogP) is 2.81. The summed E-state index contributed by atoms with van der Waals surface area (Å²) < 4.78 is 7.25. The normalized spacial score (nSPS) is 22.1. The maximum Gasteiger partial charge on any atom is 0.274 e. The fourth-order valence-corrected chi connectivity index (χ4v) is 4.63. The first-order valence-electron chi connectivity index (χ1n) is 11.1. The lowest BCUT2D eigenvalue weighted by Gasteiger charge is -2.41. The molecule has 7 heteroatoms. The molecule has 1 aromatic heterocycles. The molecule has 1 aliphatic heterocycles. The van der Waals surface area contributed by atoms with Gasteiger partial charge in [0.1, 0.15) is 5.69 Å². The Bertz CT molecular complexity index is 912. The number of aryl methyl sites for hydroxylation is 1. The zero-order valence-corrected chi connectivity index (χ0v) is 18.2. The van der Waals surface area contributed by atoms with Gasteiger partial charge in [-0.1, -0.05) is 30.3 Å². The number of methoxy groups -OCH3 is 1. The van der Waals surface area contributed by atoms with Crippen LogP contribution in [0.3, 0.4) is 0 Å². The fourth-order valence-electron chi connectivity index (χ4n) is 4.63. The highest BCUT2D eigenvalue weighted by Crippen LogP contribution is 2.42. The summed E-state index contributed by atoms with van der Waals surface area (Å²) in [6, 6.07) is 15.1. The molecule has 0 unspecified atom stereocenters. The number of carbonyl (C=O) groups is 1. The molecule has 7 nitrogen and oxygen atoms in total. The first kappa shape index (κ1) is 21.5. The Labute approximate surface area is 184 Å². The summed E-state index contributed by atoms with van der Waals surface area (Å²) >= 11 is 0. The molecule has 1 aromatic carbocycles. The molecule has 0 radical (unpaired) electrons. The number of hydrogen-bond acceptors (Lipinski definition) is 5. The zero-order chi connectivity index (χ0) is 21.7. The molecule has 2 heterocycles. The van der Waals surface area contributed by atoms with E-state index in [0.29, 0.717) is 50.3 Å². The quantitative estimate of drug-likeness (QED) is 0.673. The third-order valence-corrected chi connectivity index (χ3v) is 6.63. The van der Waals surface area contributed by atoms with Crippen molar-refractivity contribution in [3.05, 3.63) is 53.9 Å². The Kier molecular flexibility index (Phi) is 6.69. The van der Waals surface area contributed by atoms with E-state index >= 15 is 0 Å². The molecule has 0 bridgehead atoms. The van der Waals surface area contributed by atoms with Gasteiger partial charge < -0.3 is 15.0 Å². The molecule has 31 heavy (non-hydrogen) atoms. The minimum absolute atomic E-state index is 0.0268. The second-order valence-corrected chi connectivity index (χ2v) is 8.84. The third-order valence-electron chi connectivity index (χ3n) is 6.63. The van der Waals surface area contributed by atoms with Crippen molar-refractivity contribution in [1.29, 1.82) is 5.26 Å². The highest BCUT2D eigenvalue weighted by Gasteiger charge is 2.42. The van der Waals surface area contributed by atoms with Crippen molar-refractivity contribution < 1.29 is 9.53 Å². The Morgan fingerprint density at radius 1 is 1.29 bits per heavy atom. The van der Waals surface area contributed by atoms with E-state index in [4.69, 9.17) is 10.00 Å². The Hall–Kier alpha value is -2.69. The van der Waals surface area contributed by atoms with Crippen LogP contribution in [0.2, 0.25) is 0 Å². The van der Waals surface area contributed by atoms with E-state index in [-0.39, 0.29) is 11.3 Å². The van der Waals surface area contributed by atoms with Crippen molar-refractivity contribution >= 4 is 5.91 Å². The number of ether oxygens (including phenoxy) is 1. The van der Waals surface area contributed by atoms with E-state index in [2.05, 4.69) is 46.8 Å². The minimum atomic E-state index is -0.0268. The van der Waals surface area contributed by atoms with E-state index in [1.165, 1.54) is 12.0 Å². The molecule has 2 fully saturated rings. The van der Waals surface area contributed by atoms with Crippen LogP contribution in [0.5, 0.6) is 0 Å². The zero-order valence-electron chi connectivity index (χ0n) is 18.2. The van der Waals surface area contributed by atoms with Gasteiger partial charge in [-0.3, -0.25) is 9.48 Å². The van der Waals surface area contributed by atoms with Gasteiger partial charge in [0.2, 0.25) is 0 Å². The van der Waals surface area contributed by atoms with Gasteiger partial charge in [-0.15, -0.1) is 0 Å². The first-order chi connectivity index (χ1) is 15.1. The number of carbonyl (C=O) groups excluding carboxylic acids is 1. The van der Waals surface area contributed by atoms with Crippen molar-refractivity contribution in [2.45, 2.75) is 44.2 Å². The molecular formula is C24H31N5O2. The summed E-state index contributed by atoms with van der Waals surface area (Å²) in [4.78, 5) is 14.8. The number of amides is 1. The number of nitriles is 1. The molecule has 4 rings (SSSR count). The van der Waals surface area contributed by atoms with Gasteiger partial charge in [0, 0.05) is 50.3 Å². The molecule has 2 aromatic rings.